The van der Waals surface area contributed by atoms with E-state index in [0.717, 1.165) is 12.8 Å². The molecule has 1 aliphatic rings. The molecule has 17 heavy (non-hydrogen) atoms. The Hall–Kier alpha value is -0.660. The van der Waals surface area contributed by atoms with E-state index in [1.54, 1.807) is 6.92 Å². The second kappa shape index (κ2) is 5.79. The molecule has 0 heterocycles. The summed E-state index contributed by atoms with van der Waals surface area (Å²) >= 11 is 0. The van der Waals surface area contributed by atoms with Gasteiger partial charge in [-0.3, -0.25) is 4.79 Å². The molecule has 3 N–H and O–H groups in total. The van der Waals surface area contributed by atoms with Gasteiger partial charge in [0.05, 0.1) is 11.9 Å². The summed E-state index contributed by atoms with van der Waals surface area (Å²) in [5.74, 6) is 0.287. The highest BCUT2D eigenvalue weighted by molar-refractivity contribution is 7.89. The first-order valence-corrected chi connectivity index (χ1v) is 7.32. The molecule has 0 aromatic rings. The van der Waals surface area contributed by atoms with Crippen molar-refractivity contribution in [1.82, 2.24) is 5.32 Å². The fraction of sp³-hybridized carbons (Fsp3) is 0.900. The molecule has 0 spiro atoms. The minimum atomic E-state index is -3.60. The lowest BCUT2D eigenvalue weighted by molar-refractivity contribution is -0.131. The number of sulfonamides is 1. The second-order valence-electron chi connectivity index (χ2n) is 4.56. The van der Waals surface area contributed by atoms with Crippen LogP contribution < -0.4 is 10.5 Å². The van der Waals surface area contributed by atoms with Crippen LogP contribution in [-0.2, 0) is 19.6 Å². The molecule has 0 aliphatic heterocycles. The van der Waals surface area contributed by atoms with Crippen LogP contribution in [0.1, 0.15) is 26.7 Å². The Morgan fingerprint density at radius 2 is 2.06 bits per heavy atom. The van der Waals surface area contributed by atoms with E-state index < -0.39 is 21.4 Å². The molecule has 0 radical (unpaired) electrons. The van der Waals surface area contributed by atoms with E-state index in [0.29, 0.717) is 12.5 Å². The van der Waals surface area contributed by atoms with Gasteiger partial charge in [-0.1, -0.05) is 0 Å². The molecule has 0 bridgehead atoms. The Morgan fingerprint density at radius 3 is 2.53 bits per heavy atom. The molecule has 0 aromatic carbocycles. The lowest BCUT2D eigenvalue weighted by Gasteiger charge is -2.15. The smallest absolute Gasteiger partial charge is 0.248 e. The summed E-state index contributed by atoms with van der Waals surface area (Å²) in [6, 6.07) is 0. The molecule has 1 rings (SSSR count). The van der Waals surface area contributed by atoms with Crippen LogP contribution in [0.3, 0.4) is 0 Å². The molecule has 1 fully saturated rings. The fourth-order valence-electron chi connectivity index (χ4n) is 1.14. The SMILES string of the molecule is C[C@H](CNC(=O)[C@@H](C)OCC1CC1)S(N)(=O)=O. The lowest BCUT2D eigenvalue weighted by atomic mass is 10.3. The Kier molecular flexibility index (Phi) is 4.91. The number of primary sulfonamides is 1. The molecule has 0 unspecified atom stereocenters. The van der Waals surface area contributed by atoms with Gasteiger partial charge in [0.1, 0.15) is 6.10 Å². The van der Waals surface area contributed by atoms with Crippen molar-refractivity contribution in [2.24, 2.45) is 11.1 Å². The average molecular weight is 264 g/mol. The molecule has 0 aromatic heterocycles. The summed E-state index contributed by atoms with van der Waals surface area (Å²) in [7, 11) is -3.60. The zero-order valence-corrected chi connectivity index (χ0v) is 11.0. The molecule has 6 nitrogen and oxygen atoms in total. The Labute approximate surface area is 102 Å². The highest BCUT2D eigenvalue weighted by Gasteiger charge is 2.24. The largest absolute Gasteiger partial charge is 0.368 e. The van der Waals surface area contributed by atoms with Crippen LogP contribution in [0.5, 0.6) is 0 Å². The molecular formula is C10H20N2O4S. The molecule has 1 saturated carbocycles. The predicted octanol–water partition coefficient (Wildman–Crippen LogP) is -0.405. The predicted molar refractivity (Wildman–Crippen MR) is 63.7 cm³/mol. The minimum absolute atomic E-state index is 0.00873. The van der Waals surface area contributed by atoms with Gasteiger partial charge in [0.25, 0.3) is 0 Å². The van der Waals surface area contributed by atoms with Gasteiger partial charge in [-0.25, -0.2) is 13.6 Å². The van der Waals surface area contributed by atoms with Crippen LogP contribution in [0.4, 0.5) is 0 Å². The maximum atomic E-state index is 11.5. The monoisotopic (exact) mass is 264 g/mol. The number of rotatable bonds is 7. The molecule has 7 heteroatoms. The van der Waals surface area contributed by atoms with Gasteiger partial charge in [-0.2, -0.15) is 0 Å². The topological polar surface area (TPSA) is 98.5 Å². The summed E-state index contributed by atoms with van der Waals surface area (Å²) in [4.78, 5) is 11.5. The fourth-order valence-corrected chi connectivity index (χ4v) is 1.46. The first-order valence-electron chi connectivity index (χ1n) is 5.71. The second-order valence-corrected chi connectivity index (χ2v) is 6.55. The zero-order chi connectivity index (χ0) is 13.1. The number of nitrogens with two attached hydrogens (primary N) is 1. The quantitative estimate of drug-likeness (QED) is 0.653. The van der Waals surface area contributed by atoms with Crippen molar-refractivity contribution in [3.05, 3.63) is 0 Å². The lowest BCUT2D eigenvalue weighted by Crippen LogP contribution is -2.42. The van der Waals surface area contributed by atoms with Crippen molar-refractivity contribution < 1.29 is 17.9 Å². The van der Waals surface area contributed by atoms with Crippen LogP contribution in [0.15, 0.2) is 0 Å². The van der Waals surface area contributed by atoms with Crippen LogP contribution in [0.2, 0.25) is 0 Å². The van der Waals surface area contributed by atoms with E-state index >= 15 is 0 Å². The van der Waals surface area contributed by atoms with E-state index in [1.165, 1.54) is 6.92 Å². The molecule has 1 aliphatic carbocycles. The summed E-state index contributed by atoms with van der Waals surface area (Å²) in [5, 5.41) is 6.66. The van der Waals surface area contributed by atoms with Crippen molar-refractivity contribution in [2.45, 2.75) is 38.0 Å². The van der Waals surface area contributed by atoms with Gasteiger partial charge < -0.3 is 10.1 Å². The number of nitrogens with one attached hydrogen (secondary N) is 1. The molecular weight excluding hydrogens is 244 g/mol. The van der Waals surface area contributed by atoms with E-state index in [4.69, 9.17) is 9.88 Å². The van der Waals surface area contributed by atoms with Crippen molar-refractivity contribution >= 4 is 15.9 Å². The van der Waals surface area contributed by atoms with Crippen LogP contribution in [-0.4, -0.2) is 38.8 Å². The standard InChI is InChI=1S/C10H20N2O4S/c1-7(17(11,14)15)5-12-10(13)8(2)16-6-9-3-4-9/h7-9H,3-6H2,1-2H3,(H,12,13)(H2,11,14,15)/t7-,8-/m1/s1. The molecule has 100 valence electrons. The number of carbonyl (C=O) groups excluding carboxylic acids is 1. The van der Waals surface area contributed by atoms with E-state index in [1.807, 2.05) is 0 Å². The van der Waals surface area contributed by atoms with Gasteiger partial charge in [0, 0.05) is 6.54 Å². The summed E-state index contributed by atoms with van der Waals surface area (Å²) in [6.07, 6.45) is 1.77. The van der Waals surface area contributed by atoms with E-state index in [-0.39, 0.29) is 12.5 Å². The van der Waals surface area contributed by atoms with Gasteiger partial charge in [0.15, 0.2) is 0 Å². The normalized spacial score (nSPS) is 19.7. The van der Waals surface area contributed by atoms with Crippen LogP contribution in [0, 0.1) is 5.92 Å². The number of hydrogen-bond acceptors (Lipinski definition) is 4. The maximum absolute atomic E-state index is 11.5. The zero-order valence-electron chi connectivity index (χ0n) is 10.2. The highest BCUT2D eigenvalue weighted by atomic mass is 32.2. The first kappa shape index (κ1) is 14.4. The van der Waals surface area contributed by atoms with E-state index in [2.05, 4.69) is 5.32 Å². The van der Waals surface area contributed by atoms with Crippen LogP contribution >= 0.6 is 0 Å². The van der Waals surface area contributed by atoms with Crippen LogP contribution in [0.25, 0.3) is 0 Å². The Morgan fingerprint density at radius 1 is 1.47 bits per heavy atom. The average Bonchev–Trinajstić information content (AvgIpc) is 3.04. The first-order chi connectivity index (χ1) is 7.80. The maximum Gasteiger partial charge on any atom is 0.248 e. The third kappa shape index (κ3) is 5.47. The number of hydrogen-bond donors (Lipinski definition) is 2. The number of ether oxygens (including phenoxy) is 1. The van der Waals surface area contributed by atoms with Crippen molar-refractivity contribution in [3.8, 4) is 0 Å². The summed E-state index contributed by atoms with van der Waals surface area (Å²) < 4.78 is 27.2. The molecule has 2 atom stereocenters. The van der Waals surface area contributed by atoms with Gasteiger partial charge in [0.2, 0.25) is 15.9 Å². The van der Waals surface area contributed by atoms with E-state index in [9.17, 15) is 13.2 Å². The Balaban J connectivity index is 2.23. The third-order valence-electron chi connectivity index (χ3n) is 2.77. The summed E-state index contributed by atoms with van der Waals surface area (Å²) in [6.45, 7) is 3.71. The highest BCUT2D eigenvalue weighted by Crippen LogP contribution is 2.29. The number of carbonyl (C=O) groups is 1. The number of amides is 1. The molecule has 1 amide bonds. The van der Waals surface area contributed by atoms with Crippen molar-refractivity contribution in [1.29, 1.82) is 0 Å². The Bertz CT molecular complexity index is 365. The van der Waals surface area contributed by atoms with Gasteiger partial charge >= 0.3 is 0 Å². The molecule has 0 saturated heterocycles. The summed E-state index contributed by atoms with van der Waals surface area (Å²) in [5.41, 5.74) is 0. The minimum Gasteiger partial charge on any atom is -0.368 e. The van der Waals surface area contributed by atoms with Gasteiger partial charge in [-0.15, -0.1) is 0 Å². The third-order valence-corrected chi connectivity index (χ3v) is 4.06. The van der Waals surface area contributed by atoms with Crippen molar-refractivity contribution in [2.75, 3.05) is 13.2 Å². The van der Waals surface area contributed by atoms with Crippen molar-refractivity contribution in [3.63, 3.8) is 0 Å². The van der Waals surface area contributed by atoms with Gasteiger partial charge in [-0.05, 0) is 32.6 Å².